The molecule has 5 heteroatoms. The predicted octanol–water partition coefficient (Wildman–Crippen LogP) is 1.91. The average Bonchev–Trinajstić information content (AvgIpc) is 3.01. The van der Waals surface area contributed by atoms with Gasteiger partial charge in [0.15, 0.2) is 6.61 Å². The van der Waals surface area contributed by atoms with Gasteiger partial charge in [0.05, 0.1) is 6.61 Å². The Balaban J connectivity index is 1.47. The van der Waals surface area contributed by atoms with Crippen LogP contribution >= 0.6 is 0 Å². The lowest BCUT2D eigenvalue weighted by atomic mass is 10.1. The van der Waals surface area contributed by atoms with E-state index < -0.39 is 0 Å². The molecule has 0 bridgehead atoms. The maximum absolute atomic E-state index is 11.9. The zero-order valence-electron chi connectivity index (χ0n) is 12.8. The smallest absolute Gasteiger partial charge is 0.258 e. The number of amides is 1. The van der Waals surface area contributed by atoms with Crippen LogP contribution in [0.25, 0.3) is 0 Å². The molecule has 3 N–H and O–H groups in total. The first-order valence-corrected chi connectivity index (χ1v) is 7.64. The molecule has 2 aromatic rings. The van der Waals surface area contributed by atoms with Gasteiger partial charge < -0.3 is 20.5 Å². The highest BCUT2D eigenvalue weighted by Gasteiger charge is 2.22. The Morgan fingerprint density at radius 2 is 2.13 bits per heavy atom. The molecule has 23 heavy (non-hydrogen) atoms. The van der Waals surface area contributed by atoms with E-state index in [1.54, 1.807) is 0 Å². The molecule has 0 fully saturated rings. The quantitative estimate of drug-likeness (QED) is 0.854. The summed E-state index contributed by atoms with van der Waals surface area (Å²) in [6, 6.07) is 15.5. The van der Waals surface area contributed by atoms with Crippen molar-refractivity contribution in [2.24, 2.45) is 5.73 Å². The Morgan fingerprint density at radius 1 is 1.26 bits per heavy atom. The van der Waals surface area contributed by atoms with Crippen LogP contribution in [0.15, 0.2) is 48.5 Å². The molecule has 0 spiro atoms. The van der Waals surface area contributed by atoms with Gasteiger partial charge in [-0.05, 0) is 28.8 Å². The van der Waals surface area contributed by atoms with Crippen molar-refractivity contribution in [3.8, 4) is 5.75 Å². The summed E-state index contributed by atoms with van der Waals surface area (Å²) in [5.41, 5.74) is 8.88. The zero-order chi connectivity index (χ0) is 16.1. The van der Waals surface area contributed by atoms with Crippen molar-refractivity contribution in [1.82, 2.24) is 5.32 Å². The van der Waals surface area contributed by atoms with Crippen LogP contribution in [-0.2, 0) is 22.7 Å². The Labute approximate surface area is 135 Å². The highest BCUT2D eigenvalue weighted by molar-refractivity contribution is 5.77. The second-order valence-electron chi connectivity index (χ2n) is 5.44. The fourth-order valence-corrected chi connectivity index (χ4v) is 2.60. The molecule has 0 aromatic heterocycles. The maximum Gasteiger partial charge on any atom is 0.258 e. The third-order valence-corrected chi connectivity index (χ3v) is 3.83. The van der Waals surface area contributed by atoms with E-state index >= 15 is 0 Å². The lowest BCUT2D eigenvalue weighted by molar-refractivity contribution is -0.123. The molecule has 2 aromatic carbocycles. The van der Waals surface area contributed by atoms with Crippen molar-refractivity contribution >= 4 is 5.91 Å². The van der Waals surface area contributed by atoms with Gasteiger partial charge in [-0.25, -0.2) is 0 Å². The van der Waals surface area contributed by atoms with Crippen LogP contribution in [0.1, 0.15) is 22.8 Å². The van der Waals surface area contributed by atoms with Crippen molar-refractivity contribution in [1.29, 1.82) is 0 Å². The first kappa shape index (κ1) is 15.5. The normalized spacial score (nSPS) is 16.0. The topological polar surface area (TPSA) is 73.6 Å². The Morgan fingerprint density at radius 3 is 3.00 bits per heavy atom. The molecule has 1 atom stereocenters. The summed E-state index contributed by atoms with van der Waals surface area (Å²) in [5.74, 6) is 0.474. The monoisotopic (exact) mass is 312 g/mol. The number of hydrogen-bond donors (Lipinski definition) is 2. The summed E-state index contributed by atoms with van der Waals surface area (Å²) < 4.78 is 11.2. The second kappa shape index (κ2) is 7.26. The standard InChI is InChI=1S/C18H20N2O3/c19-9-13-4-3-6-15(8-13)22-12-18(21)20-10-17-16-7-2-1-5-14(16)11-23-17/h1-8,17H,9-12,19H2,(H,20,21). The molecule has 3 rings (SSSR count). The number of carbonyl (C=O) groups is 1. The van der Waals surface area contributed by atoms with E-state index in [-0.39, 0.29) is 18.6 Å². The van der Waals surface area contributed by atoms with E-state index in [4.69, 9.17) is 15.2 Å². The third kappa shape index (κ3) is 3.88. The van der Waals surface area contributed by atoms with Crippen molar-refractivity contribution < 1.29 is 14.3 Å². The van der Waals surface area contributed by atoms with Crippen LogP contribution < -0.4 is 15.8 Å². The van der Waals surface area contributed by atoms with Gasteiger partial charge in [0.1, 0.15) is 11.9 Å². The minimum atomic E-state index is -0.170. The Hall–Kier alpha value is -2.37. The van der Waals surface area contributed by atoms with E-state index in [9.17, 15) is 4.79 Å². The number of fused-ring (bicyclic) bond motifs is 1. The van der Waals surface area contributed by atoms with Crippen molar-refractivity contribution in [3.63, 3.8) is 0 Å². The molecular weight excluding hydrogens is 292 g/mol. The third-order valence-electron chi connectivity index (χ3n) is 3.83. The Bertz CT molecular complexity index is 687. The summed E-state index contributed by atoms with van der Waals surface area (Å²) >= 11 is 0. The van der Waals surface area contributed by atoms with Crippen molar-refractivity contribution in [2.75, 3.05) is 13.2 Å². The van der Waals surface area contributed by atoms with E-state index in [1.165, 1.54) is 5.56 Å². The van der Waals surface area contributed by atoms with Crippen LogP contribution in [0.2, 0.25) is 0 Å². The molecule has 1 heterocycles. The van der Waals surface area contributed by atoms with E-state index in [1.807, 2.05) is 48.5 Å². The molecule has 1 aliphatic rings. The number of carbonyl (C=O) groups excluding carboxylic acids is 1. The SMILES string of the molecule is NCc1cccc(OCC(=O)NCC2OCc3ccccc32)c1. The number of nitrogens with one attached hydrogen (secondary N) is 1. The molecule has 0 aliphatic carbocycles. The molecule has 1 amide bonds. The van der Waals surface area contributed by atoms with Gasteiger partial charge in [-0.15, -0.1) is 0 Å². The van der Waals surface area contributed by atoms with Gasteiger partial charge in [0, 0.05) is 13.1 Å². The van der Waals surface area contributed by atoms with Gasteiger partial charge in [-0.2, -0.15) is 0 Å². The van der Waals surface area contributed by atoms with E-state index in [2.05, 4.69) is 5.32 Å². The maximum atomic E-state index is 11.9. The summed E-state index contributed by atoms with van der Waals surface area (Å²) in [6.07, 6.45) is -0.0873. The van der Waals surface area contributed by atoms with Crippen LogP contribution in [0.3, 0.4) is 0 Å². The van der Waals surface area contributed by atoms with Crippen LogP contribution in [0.4, 0.5) is 0 Å². The fraction of sp³-hybridized carbons (Fsp3) is 0.278. The van der Waals surface area contributed by atoms with Crippen LogP contribution in [-0.4, -0.2) is 19.1 Å². The highest BCUT2D eigenvalue weighted by Crippen LogP contribution is 2.29. The number of benzene rings is 2. The van der Waals surface area contributed by atoms with E-state index in [0.29, 0.717) is 25.4 Å². The largest absolute Gasteiger partial charge is 0.484 e. The predicted molar refractivity (Wildman–Crippen MR) is 86.8 cm³/mol. The lowest BCUT2D eigenvalue weighted by Gasteiger charge is -2.13. The van der Waals surface area contributed by atoms with Crippen LogP contribution in [0.5, 0.6) is 5.75 Å². The zero-order valence-corrected chi connectivity index (χ0v) is 12.8. The molecule has 0 radical (unpaired) electrons. The first-order chi connectivity index (χ1) is 11.3. The fourth-order valence-electron chi connectivity index (χ4n) is 2.60. The number of ether oxygens (including phenoxy) is 2. The molecule has 0 saturated heterocycles. The van der Waals surface area contributed by atoms with Crippen molar-refractivity contribution in [3.05, 3.63) is 65.2 Å². The molecule has 120 valence electrons. The average molecular weight is 312 g/mol. The molecular formula is C18H20N2O3. The Kier molecular flexibility index (Phi) is 4.90. The summed E-state index contributed by atoms with van der Waals surface area (Å²) in [7, 11) is 0. The van der Waals surface area contributed by atoms with E-state index in [0.717, 1.165) is 11.1 Å². The number of rotatable bonds is 6. The summed E-state index contributed by atoms with van der Waals surface area (Å²) in [4.78, 5) is 11.9. The number of hydrogen-bond acceptors (Lipinski definition) is 4. The molecule has 1 aliphatic heterocycles. The van der Waals surface area contributed by atoms with Gasteiger partial charge in [-0.1, -0.05) is 36.4 Å². The van der Waals surface area contributed by atoms with Gasteiger partial charge in [0.2, 0.25) is 0 Å². The molecule has 5 nitrogen and oxygen atoms in total. The van der Waals surface area contributed by atoms with Crippen LogP contribution in [0, 0.1) is 0 Å². The van der Waals surface area contributed by atoms with Gasteiger partial charge >= 0.3 is 0 Å². The molecule has 1 unspecified atom stereocenters. The minimum Gasteiger partial charge on any atom is -0.484 e. The summed E-state index contributed by atoms with van der Waals surface area (Å²) in [6.45, 7) is 1.46. The van der Waals surface area contributed by atoms with Gasteiger partial charge in [-0.3, -0.25) is 4.79 Å². The molecule has 0 saturated carbocycles. The summed E-state index contributed by atoms with van der Waals surface area (Å²) in [5, 5.41) is 2.85. The first-order valence-electron chi connectivity index (χ1n) is 7.64. The lowest BCUT2D eigenvalue weighted by Crippen LogP contribution is -2.32. The number of nitrogens with two attached hydrogens (primary N) is 1. The van der Waals surface area contributed by atoms with Crippen molar-refractivity contribution in [2.45, 2.75) is 19.3 Å². The van der Waals surface area contributed by atoms with Gasteiger partial charge in [0.25, 0.3) is 5.91 Å². The second-order valence-corrected chi connectivity index (χ2v) is 5.44. The minimum absolute atomic E-state index is 0.0254. The highest BCUT2D eigenvalue weighted by atomic mass is 16.5.